The molecule has 0 spiro atoms. The number of likely N-dealkylation sites (N-methyl/N-ethyl adjacent to an activating group) is 1. The number of aryl methyl sites for hydroxylation is 1. The number of aliphatic hydroxyl groups excluding tert-OH is 1. The fraction of sp³-hybridized carbons (Fsp3) is 0.444. The number of para-hydroxylation sites is 1. The van der Waals surface area contributed by atoms with Gasteiger partial charge in [0.25, 0.3) is 5.91 Å². The summed E-state index contributed by atoms with van der Waals surface area (Å²) in [5.74, 6) is -0.114. The quantitative estimate of drug-likeness (QED) is 0.940. The highest BCUT2D eigenvalue weighted by Gasteiger charge is 2.29. The van der Waals surface area contributed by atoms with Crippen molar-refractivity contribution < 1.29 is 9.90 Å². The van der Waals surface area contributed by atoms with Crippen molar-refractivity contribution in [3.63, 3.8) is 0 Å². The average Bonchev–Trinajstić information content (AvgIpc) is 3.16. The van der Waals surface area contributed by atoms with Crippen LogP contribution in [0.25, 0.3) is 5.69 Å². The maximum Gasteiger partial charge on any atom is 0.274 e. The van der Waals surface area contributed by atoms with E-state index in [0.29, 0.717) is 5.69 Å². The second kappa shape index (κ2) is 6.16. The van der Waals surface area contributed by atoms with Gasteiger partial charge in [0.05, 0.1) is 18.3 Å². The Balaban J connectivity index is 2.06. The standard InChI is InChI=1S/C18H23N3O2/c1-12-7-4-5-9-15(12)21-16-10-6-8-14(16)17(19-21)18(23)20(3)13(2)11-22/h4-5,7,9,13,22H,6,8,10-11H2,1-3H3. The van der Waals surface area contributed by atoms with Crippen molar-refractivity contribution in [1.82, 2.24) is 14.7 Å². The van der Waals surface area contributed by atoms with Crippen LogP contribution >= 0.6 is 0 Å². The van der Waals surface area contributed by atoms with Crippen LogP contribution in [0.15, 0.2) is 24.3 Å². The first kappa shape index (κ1) is 15.7. The summed E-state index contributed by atoms with van der Waals surface area (Å²) in [7, 11) is 1.72. The second-order valence-electron chi connectivity index (χ2n) is 6.27. The summed E-state index contributed by atoms with van der Waals surface area (Å²) in [6.45, 7) is 3.83. The molecular formula is C18H23N3O2. The average molecular weight is 313 g/mol. The molecule has 2 aromatic rings. The third-order valence-corrected chi connectivity index (χ3v) is 4.72. The van der Waals surface area contributed by atoms with Crippen LogP contribution in [0.1, 0.15) is 40.7 Å². The maximum atomic E-state index is 12.8. The van der Waals surface area contributed by atoms with Crippen molar-refractivity contribution >= 4 is 5.91 Å². The lowest BCUT2D eigenvalue weighted by molar-refractivity contribution is 0.0675. The van der Waals surface area contributed by atoms with Crippen molar-refractivity contribution in [2.75, 3.05) is 13.7 Å². The molecule has 1 aliphatic rings. The van der Waals surface area contributed by atoms with E-state index in [1.165, 1.54) is 0 Å². The van der Waals surface area contributed by atoms with Crippen molar-refractivity contribution in [3.8, 4) is 5.69 Å². The summed E-state index contributed by atoms with van der Waals surface area (Å²) in [6.07, 6.45) is 2.89. The highest BCUT2D eigenvalue weighted by atomic mass is 16.3. The lowest BCUT2D eigenvalue weighted by Crippen LogP contribution is -2.38. The third-order valence-electron chi connectivity index (χ3n) is 4.72. The maximum absolute atomic E-state index is 12.8. The molecular weight excluding hydrogens is 290 g/mol. The molecule has 0 saturated heterocycles. The van der Waals surface area contributed by atoms with Gasteiger partial charge >= 0.3 is 0 Å². The van der Waals surface area contributed by atoms with Crippen molar-refractivity contribution in [2.24, 2.45) is 0 Å². The molecule has 23 heavy (non-hydrogen) atoms. The van der Waals surface area contributed by atoms with E-state index in [-0.39, 0.29) is 18.6 Å². The van der Waals surface area contributed by atoms with E-state index < -0.39 is 0 Å². The molecule has 1 unspecified atom stereocenters. The molecule has 0 aliphatic heterocycles. The zero-order valence-corrected chi connectivity index (χ0v) is 13.9. The molecule has 0 saturated carbocycles. The van der Waals surface area contributed by atoms with Gasteiger partial charge in [-0.25, -0.2) is 4.68 Å². The van der Waals surface area contributed by atoms with Crippen LogP contribution in [0, 0.1) is 6.92 Å². The van der Waals surface area contributed by atoms with E-state index >= 15 is 0 Å². The number of nitrogens with zero attached hydrogens (tertiary/aromatic N) is 3. The molecule has 1 amide bonds. The first-order valence-electron chi connectivity index (χ1n) is 8.09. The summed E-state index contributed by atoms with van der Waals surface area (Å²) in [4.78, 5) is 14.3. The Hall–Kier alpha value is -2.14. The SMILES string of the molecule is Cc1ccccc1-n1nc(C(=O)N(C)C(C)CO)c2c1CCC2. The van der Waals surface area contributed by atoms with Crippen molar-refractivity contribution in [1.29, 1.82) is 0 Å². The molecule has 5 heteroatoms. The summed E-state index contributed by atoms with van der Waals surface area (Å²) in [5, 5.41) is 13.9. The minimum Gasteiger partial charge on any atom is -0.394 e. The van der Waals surface area contributed by atoms with Gasteiger partial charge in [-0.2, -0.15) is 5.10 Å². The van der Waals surface area contributed by atoms with Crippen molar-refractivity contribution in [2.45, 2.75) is 39.2 Å². The Morgan fingerprint density at radius 1 is 1.39 bits per heavy atom. The number of fused-ring (bicyclic) bond motifs is 1. The number of carbonyl (C=O) groups excluding carboxylic acids is 1. The lowest BCUT2D eigenvalue weighted by Gasteiger charge is -2.22. The van der Waals surface area contributed by atoms with Crippen molar-refractivity contribution in [3.05, 3.63) is 46.8 Å². The highest BCUT2D eigenvalue weighted by molar-refractivity contribution is 5.94. The summed E-state index contributed by atoms with van der Waals surface area (Å²) < 4.78 is 1.93. The summed E-state index contributed by atoms with van der Waals surface area (Å²) in [5.41, 5.74) is 4.91. The van der Waals surface area contributed by atoms with Crippen LogP contribution in [0.3, 0.4) is 0 Å². The van der Waals surface area contributed by atoms with Crippen LogP contribution in [0.5, 0.6) is 0 Å². The second-order valence-corrected chi connectivity index (χ2v) is 6.27. The Bertz CT molecular complexity index is 736. The van der Waals surface area contributed by atoms with Crippen LogP contribution in [0.2, 0.25) is 0 Å². The number of amides is 1. The molecule has 0 fully saturated rings. The number of benzene rings is 1. The van der Waals surface area contributed by atoms with Crippen LogP contribution < -0.4 is 0 Å². The van der Waals surface area contributed by atoms with Gasteiger partial charge in [0.2, 0.25) is 0 Å². The normalized spacial score (nSPS) is 14.6. The topological polar surface area (TPSA) is 58.4 Å². The molecule has 122 valence electrons. The lowest BCUT2D eigenvalue weighted by atomic mass is 10.1. The van der Waals surface area contributed by atoms with Gasteiger partial charge in [0, 0.05) is 18.3 Å². The zero-order chi connectivity index (χ0) is 16.6. The Morgan fingerprint density at radius 3 is 2.83 bits per heavy atom. The predicted octanol–water partition coefficient (Wildman–Crippen LogP) is 2.12. The number of hydrogen-bond donors (Lipinski definition) is 1. The van der Waals surface area contributed by atoms with Gasteiger partial charge in [-0.05, 0) is 44.7 Å². The van der Waals surface area contributed by atoms with Gasteiger partial charge in [0.15, 0.2) is 5.69 Å². The Morgan fingerprint density at radius 2 is 2.13 bits per heavy atom. The van der Waals surface area contributed by atoms with Crippen LogP contribution in [-0.4, -0.2) is 45.4 Å². The first-order chi connectivity index (χ1) is 11.0. The minimum absolute atomic E-state index is 0.0526. The molecule has 1 aromatic carbocycles. The van der Waals surface area contributed by atoms with Gasteiger partial charge in [-0.15, -0.1) is 0 Å². The Labute approximate surface area is 136 Å². The molecule has 1 aromatic heterocycles. The molecule has 0 radical (unpaired) electrons. The van der Waals surface area contributed by atoms with E-state index in [9.17, 15) is 9.90 Å². The van der Waals surface area contributed by atoms with E-state index in [1.807, 2.05) is 29.8 Å². The fourth-order valence-corrected chi connectivity index (χ4v) is 3.10. The number of aromatic nitrogens is 2. The van der Waals surface area contributed by atoms with E-state index in [4.69, 9.17) is 0 Å². The molecule has 0 bridgehead atoms. The molecule has 1 N–H and O–H groups in total. The van der Waals surface area contributed by atoms with E-state index in [0.717, 1.165) is 41.8 Å². The number of rotatable bonds is 4. The molecule has 5 nitrogen and oxygen atoms in total. The van der Waals surface area contributed by atoms with Crippen LogP contribution in [-0.2, 0) is 12.8 Å². The van der Waals surface area contributed by atoms with Crippen LogP contribution in [0.4, 0.5) is 0 Å². The smallest absolute Gasteiger partial charge is 0.274 e. The van der Waals surface area contributed by atoms with Gasteiger partial charge in [-0.1, -0.05) is 18.2 Å². The largest absolute Gasteiger partial charge is 0.394 e. The predicted molar refractivity (Wildman–Crippen MR) is 89.0 cm³/mol. The minimum atomic E-state index is -0.219. The molecule has 1 atom stereocenters. The summed E-state index contributed by atoms with van der Waals surface area (Å²) >= 11 is 0. The molecule has 1 heterocycles. The highest BCUT2D eigenvalue weighted by Crippen LogP contribution is 2.29. The number of carbonyl (C=O) groups is 1. The summed E-state index contributed by atoms with van der Waals surface area (Å²) in [6, 6.07) is 7.87. The number of hydrogen-bond acceptors (Lipinski definition) is 3. The monoisotopic (exact) mass is 313 g/mol. The third kappa shape index (κ3) is 2.65. The van der Waals surface area contributed by atoms with Gasteiger partial charge < -0.3 is 10.0 Å². The number of aliphatic hydroxyl groups is 1. The van der Waals surface area contributed by atoms with E-state index in [1.54, 1.807) is 11.9 Å². The van der Waals surface area contributed by atoms with E-state index in [2.05, 4.69) is 18.1 Å². The Kier molecular flexibility index (Phi) is 4.22. The molecule has 3 rings (SSSR count). The van der Waals surface area contributed by atoms with Gasteiger partial charge in [-0.3, -0.25) is 4.79 Å². The zero-order valence-electron chi connectivity index (χ0n) is 13.9. The first-order valence-corrected chi connectivity index (χ1v) is 8.09. The molecule has 1 aliphatic carbocycles. The van der Waals surface area contributed by atoms with Gasteiger partial charge in [0.1, 0.15) is 0 Å². The fourth-order valence-electron chi connectivity index (χ4n) is 3.10.